The van der Waals surface area contributed by atoms with Gasteiger partial charge in [-0.3, -0.25) is 4.79 Å². The lowest BCUT2D eigenvalue weighted by molar-refractivity contribution is -0.142. The molecule has 1 atom stereocenters. The van der Waals surface area contributed by atoms with E-state index in [2.05, 4.69) is 0 Å². The molecule has 98 valence electrons. The predicted molar refractivity (Wildman–Crippen MR) is 69.7 cm³/mol. The minimum atomic E-state index is -0.975. The summed E-state index contributed by atoms with van der Waals surface area (Å²) >= 11 is 0. The Hall–Kier alpha value is -1.84. The molecule has 0 heterocycles. The molecule has 1 rings (SSSR count). The number of hydrogen-bond donors (Lipinski definition) is 1. The minimum Gasteiger partial charge on any atom is -0.480 e. The zero-order valence-corrected chi connectivity index (χ0v) is 11.2. The molecule has 1 unspecified atom stereocenters. The summed E-state index contributed by atoms with van der Waals surface area (Å²) in [6.07, 6.45) is 0.391. The van der Waals surface area contributed by atoms with Gasteiger partial charge in [0.25, 0.3) is 5.91 Å². The number of benzene rings is 1. The molecule has 4 nitrogen and oxygen atoms in total. The van der Waals surface area contributed by atoms with Gasteiger partial charge in [-0.15, -0.1) is 0 Å². The number of aliphatic carboxylic acids is 1. The molecule has 0 aromatic heterocycles. The number of likely N-dealkylation sites (N-methyl/N-ethyl adjacent to an activating group) is 1. The van der Waals surface area contributed by atoms with Gasteiger partial charge in [-0.05, 0) is 43.5 Å². The molecule has 1 N–H and O–H groups in total. The number of aryl methyl sites for hydroxylation is 2. The molecule has 18 heavy (non-hydrogen) atoms. The van der Waals surface area contributed by atoms with Crippen LogP contribution in [0.5, 0.6) is 0 Å². The van der Waals surface area contributed by atoms with Crippen LogP contribution >= 0.6 is 0 Å². The third-order valence-corrected chi connectivity index (χ3v) is 3.21. The molecule has 0 aliphatic rings. The van der Waals surface area contributed by atoms with Crippen molar-refractivity contribution in [1.82, 2.24) is 4.90 Å². The first-order chi connectivity index (χ1) is 8.38. The molecule has 0 radical (unpaired) electrons. The van der Waals surface area contributed by atoms with Gasteiger partial charge >= 0.3 is 5.97 Å². The van der Waals surface area contributed by atoms with Crippen molar-refractivity contribution in [2.75, 3.05) is 7.05 Å². The molecule has 1 aromatic carbocycles. The van der Waals surface area contributed by atoms with Gasteiger partial charge in [0.1, 0.15) is 6.04 Å². The first kappa shape index (κ1) is 14.2. The topological polar surface area (TPSA) is 57.6 Å². The maximum atomic E-state index is 12.2. The highest BCUT2D eigenvalue weighted by Crippen LogP contribution is 2.13. The Bertz CT molecular complexity index is 468. The first-order valence-electron chi connectivity index (χ1n) is 5.95. The van der Waals surface area contributed by atoms with Crippen LogP contribution in [0.2, 0.25) is 0 Å². The molecule has 0 aliphatic carbocycles. The summed E-state index contributed by atoms with van der Waals surface area (Å²) in [6.45, 7) is 5.66. The van der Waals surface area contributed by atoms with E-state index in [4.69, 9.17) is 5.11 Å². The van der Waals surface area contributed by atoms with Crippen LogP contribution in [0.15, 0.2) is 18.2 Å². The maximum absolute atomic E-state index is 12.2. The van der Waals surface area contributed by atoms with E-state index in [1.807, 2.05) is 19.9 Å². The van der Waals surface area contributed by atoms with Crippen LogP contribution in [0, 0.1) is 13.8 Å². The SMILES string of the molecule is CCC(C(=O)O)N(C)C(=O)c1ccc(C)c(C)c1. The summed E-state index contributed by atoms with van der Waals surface area (Å²) in [5, 5.41) is 9.04. The summed E-state index contributed by atoms with van der Waals surface area (Å²) in [4.78, 5) is 24.5. The number of rotatable bonds is 4. The lowest BCUT2D eigenvalue weighted by Crippen LogP contribution is -2.41. The molecule has 4 heteroatoms. The van der Waals surface area contributed by atoms with Crippen LogP contribution < -0.4 is 0 Å². The number of amides is 1. The number of carbonyl (C=O) groups is 2. The monoisotopic (exact) mass is 249 g/mol. The van der Waals surface area contributed by atoms with Gasteiger partial charge < -0.3 is 10.0 Å². The molecule has 0 fully saturated rings. The number of nitrogens with zero attached hydrogens (tertiary/aromatic N) is 1. The third-order valence-electron chi connectivity index (χ3n) is 3.21. The largest absolute Gasteiger partial charge is 0.480 e. The molecular weight excluding hydrogens is 230 g/mol. The Labute approximate surface area is 107 Å². The first-order valence-corrected chi connectivity index (χ1v) is 5.95. The van der Waals surface area contributed by atoms with Crippen molar-refractivity contribution >= 4 is 11.9 Å². The fourth-order valence-corrected chi connectivity index (χ4v) is 1.83. The van der Waals surface area contributed by atoms with Crippen molar-refractivity contribution in [1.29, 1.82) is 0 Å². The normalized spacial score (nSPS) is 12.0. The molecule has 0 saturated carbocycles. The van der Waals surface area contributed by atoms with Crippen molar-refractivity contribution in [3.05, 3.63) is 34.9 Å². The van der Waals surface area contributed by atoms with Gasteiger partial charge in [0, 0.05) is 12.6 Å². The van der Waals surface area contributed by atoms with Crippen molar-refractivity contribution in [2.45, 2.75) is 33.2 Å². The van der Waals surface area contributed by atoms with Gasteiger partial charge in [-0.1, -0.05) is 13.0 Å². The lowest BCUT2D eigenvalue weighted by Gasteiger charge is -2.24. The standard InChI is InChI=1S/C14H19NO3/c1-5-12(14(17)18)15(4)13(16)11-7-6-9(2)10(3)8-11/h6-8,12H,5H2,1-4H3,(H,17,18). The summed E-state index contributed by atoms with van der Waals surface area (Å²) in [7, 11) is 1.53. The summed E-state index contributed by atoms with van der Waals surface area (Å²) in [6, 6.07) is 4.62. The second kappa shape index (κ2) is 5.67. The zero-order chi connectivity index (χ0) is 13.9. The molecule has 0 spiro atoms. The van der Waals surface area contributed by atoms with Crippen LogP contribution in [0.4, 0.5) is 0 Å². The lowest BCUT2D eigenvalue weighted by atomic mass is 10.0. The average molecular weight is 249 g/mol. The van der Waals surface area contributed by atoms with Crippen LogP contribution in [-0.4, -0.2) is 35.0 Å². The van der Waals surface area contributed by atoms with Crippen molar-refractivity contribution in [2.24, 2.45) is 0 Å². The fourth-order valence-electron chi connectivity index (χ4n) is 1.83. The van der Waals surface area contributed by atoms with Crippen molar-refractivity contribution in [3.63, 3.8) is 0 Å². The summed E-state index contributed by atoms with van der Waals surface area (Å²) in [5.74, 6) is -1.23. The van der Waals surface area contributed by atoms with Gasteiger partial charge in [-0.2, -0.15) is 0 Å². The number of carboxylic acid groups (broad SMARTS) is 1. The molecule has 0 saturated heterocycles. The van der Waals surface area contributed by atoms with E-state index in [0.717, 1.165) is 11.1 Å². The smallest absolute Gasteiger partial charge is 0.326 e. The zero-order valence-electron chi connectivity index (χ0n) is 11.2. The second-order valence-corrected chi connectivity index (χ2v) is 4.48. The highest BCUT2D eigenvalue weighted by molar-refractivity contribution is 5.96. The summed E-state index contributed by atoms with van der Waals surface area (Å²) < 4.78 is 0. The Morgan fingerprint density at radius 3 is 2.33 bits per heavy atom. The predicted octanol–water partition coefficient (Wildman–Crippen LogP) is 2.24. The Morgan fingerprint density at radius 2 is 1.89 bits per heavy atom. The van der Waals surface area contributed by atoms with Crippen molar-refractivity contribution in [3.8, 4) is 0 Å². The second-order valence-electron chi connectivity index (χ2n) is 4.48. The Morgan fingerprint density at radius 1 is 1.28 bits per heavy atom. The highest BCUT2D eigenvalue weighted by atomic mass is 16.4. The Kier molecular flexibility index (Phi) is 4.48. The van der Waals surface area contributed by atoms with Crippen LogP contribution in [0.25, 0.3) is 0 Å². The number of carbonyl (C=O) groups excluding carboxylic acids is 1. The molecule has 0 bridgehead atoms. The third kappa shape index (κ3) is 2.88. The van der Waals surface area contributed by atoms with E-state index < -0.39 is 12.0 Å². The van der Waals surface area contributed by atoms with Gasteiger partial charge in [0.2, 0.25) is 0 Å². The molecule has 1 aromatic rings. The van der Waals surface area contributed by atoms with E-state index >= 15 is 0 Å². The van der Waals surface area contributed by atoms with E-state index in [1.165, 1.54) is 11.9 Å². The summed E-state index contributed by atoms with van der Waals surface area (Å²) in [5.41, 5.74) is 2.66. The Balaban J connectivity index is 2.99. The van der Waals surface area contributed by atoms with E-state index in [-0.39, 0.29) is 5.91 Å². The maximum Gasteiger partial charge on any atom is 0.326 e. The van der Waals surface area contributed by atoms with E-state index in [1.54, 1.807) is 19.1 Å². The van der Waals surface area contributed by atoms with Crippen LogP contribution in [-0.2, 0) is 4.79 Å². The van der Waals surface area contributed by atoms with Gasteiger partial charge in [0.05, 0.1) is 0 Å². The molecule has 1 amide bonds. The van der Waals surface area contributed by atoms with Crippen LogP contribution in [0.3, 0.4) is 0 Å². The highest BCUT2D eigenvalue weighted by Gasteiger charge is 2.25. The molecular formula is C14H19NO3. The van der Waals surface area contributed by atoms with Gasteiger partial charge in [0.15, 0.2) is 0 Å². The van der Waals surface area contributed by atoms with E-state index in [9.17, 15) is 9.59 Å². The van der Waals surface area contributed by atoms with E-state index in [0.29, 0.717) is 12.0 Å². The number of carboxylic acids is 1. The van der Waals surface area contributed by atoms with Crippen LogP contribution in [0.1, 0.15) is 34.8 Å². The fraction of sp³-hybridized carbons (Fsp3) is 0.429. The quantitative estimate of drug-likeness (QED) is 0.890. The number of hydrogen-bond acceptors (Lipinski definition) is 2. The van der Waals surface area contributed by atoms with Crippen molar-refractivity contribution < 1.29 is 14.7 Å². The van der Waals surface area contributed by atoms with Gasteiger partial charge in [-0.25, -0.2) is 4.79 Å². The minimum absolute atomic E-state index is 0.257. The molecule has 0 aliphatic heterocycles. The average Bonchev–Trinajstić information content (AvgIpc) is 2.32.